The second-order valence-electron chi connectivity index (χ2n) is 7.88. The molecule has 2 saturated carbocycles. The standard InChI is InChI=1S/C20H32N2O2S/c1-15(23)17-10-11-18(25-17)20(12-6-7-13-20)14-21-19(24)22-16-8-4-2-3-5-9-16/h10-11,15-16,23H,2-9,12-14H2,1H3,(H2,21,22,24). The molecule has 2 fully saturated rings. The maximum absolute atomic E-state index is 12.4. The maximum Gasteiger partial charge on any atom is 0.315 e. The van der Waals surface area contributed by atoms with Crippen LogP contribution in [0.25, 0.3) is 0 Å². The third-order valence-corrected chi connectivity index (χ3v) is 7.40. The number of carbonyl (C=O) groups is 1. The molecule has 1 aromatic heterocycles. The molecule has 5 heteroatoms. The third kappa shape index (κ3) is 4.76. The number of hydrogen-bond donors (Lipinski definition) is 3. The molecule has 0 spiro atoms. The normalized spacial score (nSPS) is 22.3. The van der Waals surface area contributed by atoms with Gasteiger partial charge in [0.2, 0.25) is 0 Å². The molecular formula is C20H32N2O2S. The lowest BCUT2D eigenvalue weighted by atomic mass is 9.84. The van der Waals surface area contributed by atoms with Crippen molar-refractivity contribution in [3.05, 3.63) is 21.9 Å². The van der Waals surface area contributed by atoms with Crippen LogP contribution in [0.2, 0.25) is 0 Å². The molecule has 2 aliphatic carbocycles. The van der Waals surface area contributed by atoms with Crippen LogP contribution in [0, 0.1) is 0 Å². The van der Waals surface area contributed by atoms with E-state index >= 15 is 0 Å². The highest BCUT2D eigenvalue weighted by Crippen LogP contribution is 2.44. The summed E-state index contributed by atoms with van der Waals surface area (Å²) in [6, 6.07) is 4.52. The Balaban J connectivity index is 1.58. The number of nitrogens with one attached hydrogen (secondary N) is 2. The SMILES string of the molecule is CC(O)c1ccc(C2(CNC(=O)NC3CCCCCC3)CCCC2)s1. The van der Waals surface area contributed by atoms with Gasteiger partial charge in [-0.1, -0.05) is 38.5 Å². The fourth-order valence-corrected chi connectivity index (χ4v) is 5.52. The summed E-state index contributed by atoms with van der Waals surface area (Å²) in [6.07, 6.45) is 11.5. The average Bonchev–Trinajstić information content (AvgIpc) is 3.20. The molecule has 0 radical (unpaired) electrons. The minimum atomic E-state index is -0.413. The van der Waals surface area contributed by atoms with Gasteiger partial charge in [-0.3, -0.25) is 0 Å². The fraction of sp³-hybridized carbons (Fsp3) is 0.750. The third-order valence-electron chi connectivity index (χ3n) is 5.90. The average molecular weight is 365 g/mol. The Labute approximate surface area is 155 Å². The van der Waals surface area contributed by atoms with Crippen LogP contribution >= 0.6 is 11.3 Å². The van der Waals surface area contributed by atoms with Crippen LogP contribution in [-0.4, -0.2) is 23.7 Å². The van der Waals surface area contributed by atoms with Crippen LogP contribution in [0.4, 0.5) is 4.79 Å². The number of aliphatic hydroxyl groups is 1. The zero-order valence-corrected chi connectivity index (χ0v) is 16.2. The van der Waals surface area contributed by atoms with E-state index < -0.39 is 6.10 Å². The van der Waals surface area contributed by atoms with Crippen molar-refractivity contribution in [2.75, 3.05) is 6.54 Å². The summed E-state index contributed by atoms with van der Waals surface area (Å²) in [5.41, 5.74) is 0.0542. The van der Waals surface area contributed by atoms with Crippen LogP contribution in [0.3, 0.4) is 0 Å². The zero-order valence-electron chi connectivity index (χ0n) is 15.4. The zero-order chi connectivity index (χ0) is 17.7. The Morgan fingerprint density at radius 1 is 1.20 bits per heavy atom. The lowest BCUT2D eigenvalue weighted by Gasteiger charge is -2.29. The van der Waals surface area contributed by atoms with Gasteiger partial charge in [0, 0.05) is 27.8 Å². The lowest BCUT2D eigenvalue weighted by Crippen LogP contribution is -2.46. The van der Waals surface area contributed by atoms with E-state index in [2.05, 4.69) is 16.7 Å². The molecule has 1 aromatic rings. The van der Waals surface area contributed by atoms with E-state index in [0.29, 0.717) is 12.6 Å². The molecule has 0 aromatic carbocycles. The summed E-state index contributed by atoms with van der Waals surface area (Å²) < 4.78 is 0. The first kappa shape index (κ1) is 18.7. The number of hydrogen-bond acceptors (Lipinski definition) is 3. The van der Waals surface area contributed by atoms with Crippen molar-refractivity contribution in [1.29, 1.82) is 0 Å². The summed E-state index contributed by atoms with van der Waals surface area (Å²) in [6.45, 7) is 2.51. The molecule has 1 heterocycles. The second kappa shape index (κ2) is 8.54. The highest BCUT2D eigenvalue weighted by atomic mass is 32.1. The highest BCUT2D eigenvalue weighted by molar-refractivity contribution is 7.12. The highest BCUT2D eigenvalue weighted by Gasteiger charge is 2.37. The van der Waals surface area contributed by atoms with Crippen LogP contribution in [0.5, 0.6) is 0 Å². The monoisotopic (exact) mass is 364 g/mol. The predicted octanol–water partition coefficient (Wildman–Crippen LogP) is 4.64. The Morgan fingerprint density at radius 2 is 1.88 bits per heavy atom. The number of rotatable bonds is 5. The van der Waals surface area contributed by atoms with Crippen molar-refractivity contribution in [3.8, 4) is 0 Å². The number of urea groups is 1. The molecule has 0 saturated heterocycles. The lowest BCUT2D eigenvalue weighted by molar-refractivity contribution is 0.203. The Hall–Kier alpha value is -1.07. The van der Waals surface area contributed by atoms with Gasteiger partial charge in [0.05, 0.1) is 6.10 Å². The molecule has 25 heavy (non-hydrogen) atoms. The number of amides is 2. The van der Waals surface area contributed by atoms with Crippen LogP contribution in [0.15, 0.2) is 12.1 Å². The van der Waals surface area contributed by atoms with E-state index in [-0.39, 0.29) is 11.4 Å². The molecule has 1 unspecified atom stereocenters. The van der Waals surface area contributed by atoms with Crippen LogP contribution < -0.4 is 10.6 Å². The maximum atomic E-state index is 12.4. The van der Waals surface area contributed by atoms with E-state index in [1.54, 1.807) is 11.3 Å². The van der Waals surface area contributed by atoms with Crippen molar-refractivity contribution < 1.29 is 9.90 Å². The van der Waals surface area contributed by atoms with E-state index in [1.165, 1.54) is 43.4 Å². The molecule has 2 amide bonds. The summed E-state index contributed by atoms with van der Waals surface area (Å²) >= 11 is 1.71. The molecular weight excluding hydrogens is 332 g/mol. The summed E-state index contributed by atoms with van der Waals surface area (Å²) in [5.74, 6) is 0. The molecule has 2 aliphatic rings. The van der Waals surface area contributed by atoms with Crippen LogP contribution in [0.1, 0.15) is 87.0 Å². The van der Waals surface area contributed by atoms with Gasteiger partial charge in [-0.15, -0.1) is 11.3 Å². The van der Waals surface area contributed by atoms with Gasteiger partial charge < -0.3 is 15.7 Å². The molecule has 3 rings (SSSR count). The first-order valence-corrected chi connectivity index (χ1v) is 10.7. The van der Waals surface area contributed by atoms with Crippen molar-refractivity contribution in [2.24, 2.45) is 0 Å². The van der Waals surface area contributed by atoms with Crippen molar-refractivity contribution in [1.82, 2.24) is 10.6 Å². The van der Waals surface area contributed by atoms with Gasteiger partial charge in [0.25, 0.3) is 0 Å². The van der Waals surface area contributed by atoms with Gasteiger partial charge in [0.1, 0.15) is 0 Å². The number of carbonyl (C=O) groups excluding carboxylic acids is 1. The van der Waals surface area contributed by atoms with Crippen LogP contribution in [-0.2, 0) is 5.41 Å². The van der Waals surface area contributed by atoms with Gasteiger partial charge in [-0.2, -0.15) is 0 Å². The first-order valence-electron chi connectivity index (χ1n) is 9.92. The minimum absolute atomic E-state index is 0.00881. The molecule has 4 nitrogen and oxygen atoms in total. The van der Waals surface area contributed by atoms with Crippen molar-refractivity contribution in [2.45, 2.75) is 88.7 Å². The molecule has 0 bridgehead atoms. The largest absolute Gasteiger partial charge is 0.388 e. The summed E-state index contributed by atoms with van der Waals surface area (Å²) in [4.78, 5) is 14.7. The topological polar surface area (TPSA) is 61.4 Å². The molecule has 0 aliphatic heterocycles. The van der Waals surface area contributed by atoms with Crippen molar-refractivity contribution >= 4 is 17.4 Å². The molecule has 1 atom stereocenters. The first-order chi connectivity index (χ1) is 12.1. The quantitative estimate of drug-likeness (QED) is 0.667. The summed E-state index contributed by atoms with van der Waals surface area (Å²) in [5, 5.41) is 16.2. The van der Waals surface area contributed by atoms with Crippen molar-refractivity contribution in [3.63, 3.8) is 0 Å². The molecule has 140 valence electrons. The van der Waals surface area contributed by atoms with Gasteiger partial charge in [-0.05, 0) is 44.7 Å². The number of aliphatic hydroxyl groups excluding tert-OH is 1. The van der Waals surface area contributed by atoms with Gasteiger partial charge in [-0.25, -0.2) is 4.79 Å². The van der Waals surface area contributed by atoms with E-state index in [4.69, 9.17) is 0 Å². The Morgan fingerprint density at radius 3 is 2.48 bits per heavy atom. The Kier molecular flexibility index (Phi) is 6.39. The number of thiophene rings is 1. The predicted molar refractivity (Wildman–Crippen MR) is 103 cm³/mol. The van der Waals surface area contributed by atoms with E-state index in [9.17, 15) is 9.90 Å². The van der Waals surface area contributed by atoms with Gasteiger partial charge >= 0.3 is 6.03 Å². The molecule has 3 N–H and O–H groups in total. The van der Waals surface area contributed by atoms with Gasteiger partial charge in [0.15, 0.2) is 0 Å². The Bertz CT molecular complexity index is 556. The summed E-state index contributed by atoms with van der Waals surface area (Å²) in [7, 11) is 0. The fourth-order valence-electron chi connectivity index (χ4n) is 4.33. The minimum Gasteiger partial charge on any atom is -0.388 e. The van der Waals surface area contributed by atoms with E-state index in [0.717, 1.165) is 30.6 Å². The smallest absolute Gasteiger partial charge is 0.315 e. The van der Waals surface area contributed by atoms with E-state index in [1.807, 2.05) is 13.0 Å². The second-order valence-corrected chi connectivity index (χ2v) is 9.00.